The minimum Gasteiger partial charge on any atom is -0.300 e. The van der Waals surface area contributed by atoms with Crippen LogP contribution in [-0.2, 0) is 14.6 Å². The third-order valence-corrected chi connectivity index (χ3v) is 6.63. The maximum atomic E-state index is 12.9. The Morgan fingerprint density at radius 3 is 2.10 bits per heavy atom. The van der Waals surface area contributed by atoms with Gasteiger partial charge in [-0.1, -0.05) is 18.2 Å². The van der Waals surface area contributed by atoms with Crippen LogP contribution in [-0.4, -0.2) is 25.1 Å². The molecule has 1 aromatic rings. The van der Waals surface area contributed by atoms with Crippen LogP contribution in [0.5, 0.6) is 0 Å². The highest BCUT2D eigenvalue weighted by Gasteiger charge is 2.56. The first-order valence-electron chi connectivity index (χ1n) is 6.44. The third-order valence-electron chi connectivity index (χ3n) is 4.03. The summed E-state index contributed by atoms with van der Waals surface area (Å²) in [5.41, 5.74) is 0. The van der Waals surface area contributed by atoms with E-state index >= 15 is 0 Å². The fourth-order valence-corrected chi connectivity index (χ4v) is 4.66. The number of alkyl halides is 3. The molecule has 0 radical (unpaired) electrons. The second kappa shape index (κ2) is 5.12. The predicted molar refractivity (Wildman–Crippen MR) is 70.4 cm³/mol. The monoisotopic (exact) mass is 320 g/mol. The van der Waals surface area contributed by atoms with Crippen LogP contribution in [0.3, 0.4) is 0 Å². The molecule has 1 saturated carbocycles. The van der Waals surface area contributed by atoms with Gasteiger partial charge < -0.3 is 0 Å². The molecule has 0 aromatic heterocycles. The zero-order valence-electron chi connectivity index (χ0n) is 11.4. The Morgan fingerprint density at radius 2 is 1.67 bits per heavy atom. The van der Waals surface area contributed by atoms with Gasteiger partial charge in [0.15, 0.2) is 9.84 Å². The summed E-state index contributed by atoms with van der Waals surface area (Å²) in [6, 6.07) is 7.08. The molecule has 2 rings (SSSR count). The summed E-state index contributed by atoms with van der Waals surface area (Å²) in [7, 11) is -4.19. The third kappa shape index (κ3) is 2.97. The quantitative estimate of drug-likeness (QED) is 0.856. The van der Waals surface area contributed by atoms with Gasteiger partial charge in [-0.05, 0) is 25.0 Å². The molecular formula is C14H15F3O3S. The summed E-state index contributed by atoms with van der Waals surface area (Å²) < 4.78 is 61.9. The standard InChI is InChI=1S/C14H15F3O3S/c1-13(9-14(15,16)17,10-7-11(18)8-10)21(19,20)12-5-3-2-4-6-12/h2-6,10H,7-9H2,1H3. The molecule has 1 atom stereocenters. The second-order valence-corrected chi connectivity index (χ2v) is 7.98. The summed E-state index contributed by atoms with van der Waals surface area (Å²) in [6.45, 7) is 1.10. The lowest BCUT2D eigenvalue weighted by atomic mass is 9.73. The SMILES string of the molecule is CC(CC(F)(F)F)(C1CC(=O)C1)S(=O)(=O)c1ccccc1. The number of rotatable bonds is 4. The van der Waals surface area contributed by atoms with Crippen molar-refractivity contribution in [2.24, 2.45) is 5.92 Å². The molecule has 1 fully saturated rings. The van der Waals surface area contributed by atoms with Crippen molar-refractivity contribution in [2.45, 2.75) is 42.0 Å². The van der Waals surface area contributed by atoms with E-state index in [0.717, 1.165) is 6.92 Å². The number of carbonyl (C=O) groups excluding carboxylic acids is 1. The van der Waals surface area contributed by atoms with Crippen LogP contribution in [0.25, 0.3) is 0 Å². The summed E-state index contributed by atoms with van der Waals surface area (Å²) in [5, 5.41) is 0. The first kappa shape index (κ1) is 16.0. The van der Waals surface area contributed by atoms with Crippen molar-refractivity contribution >= 4 is 15.6 Å². The number of Topliss-reactive ketones (excluding diaryl/α,β-unsaturated/α-hetero) is 1. The van der Waals surface area contributed by atoms with E-state index < -0.39 is 33.1 Å². The highest BCUT2D eigenvalue weighted by molar-refractivity contribution is 7.92. The van der Waals surface area contributed by atoms with Crippen molar-refractivity contribution in [3.05, 3.63) is 30.3 Å². The highest BCUT2D eigenvalue weighted by atomic mass is 32.2. The van der Waals surface area contributed by atoms with E-state index in [1.165, 1.54) is 24.3 Å². The Morgan fingerprint density at radius 1 is 1.14 bits per heavy atom. The minimum atomic E-state index is -4.62. The van der Waals surface area contributed by atoms with E-state index in [1.54, 1.807) is 6.07 Å². The normalized spacial score (nSPS) is 19.9. The van der Waals surface area contributed by atoms with Crippen molar-refractivity contribution in [3.63, 3.8) is 0 Å². The van der Waals surface area contributed by atoms with Gasteiger partial charge in [-0.15, -0.1) is 0 Å². The molecule has 7 heteroatoms. The molecule has 1 unspecified atom stereocenters. The molecule has 1 aliphatic carbocycles. The van der Waals surface area contributed by atoms with Crippen LogP contribution in [0.2, 0.25) is 0 Å². The van der Waals surface area contributed by atoms with Crippen molar-refractivity contribution in [1.29, 1.82) is 0 Å². The topological polar surface area (TPSA) is 51.2 Å². The molecule has 0 saturated heterocycles. The van der Waals surface area contributed by atoms with Crippen LogP contribution in [0, 0.1) is 5.92 Å². The van der Waals surface area contributed by atoms with E-state index in [4.69, 9.17) is 0 Å². The van der Waals surface area contributed by atoms with Gasteiger partial charge in [0.25, 0.3) is 0 Å². The molecule has 0 spiro atoms. The van der Waals surface area contributed by atoms with Crippen LogP contribution in [0.1, 0.15) is 26.2 Å². The van der Waals surface area contributed by atoms with Gasteiger partial charge in [-0.3, -0.25) is 4.79 Å². The molecule has 1 aromatic carbocycles. The number of hydrogen-bond donors (Lipinski definition) is 0. The Bertz CT molecular complexity index is 629. The van der Waals surface area contributed by atoms with Crippen LogP contribution in [0.4, 0.5) is 13.2 Å². The maximum absolute atomic E-state index is 12.9. The molecule has 0 heterocycles. The molecule has 1 aliphatic rings. The van der Waals surface area contributed by atoms with Crippen molar-refractivity contribution in [2.75, 3.05) is 0 Å². The molecule has 0 amide bonds. The lowest BCUT2D eigenvalue weighted by Gasteiger charge is -2.41. The molecule has 0 aliphatic heterocycles. The van der Waals surface area contributed by atoms with Crippen LogP contribution < -0.4 is 0 Å². The van der Waals surface area contributed by atoms with E-state index in [2.05, 4.69) is 0 Å². The smallest absolute Gasteiger partial charge is 0.300 e. The van der Waals surface area contributed by atoms with Crippen molar-refractivity contribution in [3.8, 4) is 0 Å². The first-order chi connectivity index (χ1) is 9.56. The average Bonchev–Trinajstić information content (AvgIpc) is 2.33. The highest BCUT2D eigenvalue weighted by Crippen LogP contribution is 2.47. The molecule has 21 heavy (non-hydrogen) atoms. The van der Waals surface area contributed by atoms with E-state index in [-0.39, 0.29) is 23.5 Å². The van der Waals surface area contributed by atoms with Gasteiger partial charge in [0, 0.05) is 12.8 Å². The summed E-state index contributed by atoms with van der Waals surface area (Å²) >= 11 is 0. The number of sulfone groups is 1. The largest absolute Gasteiger partial charge is 0.390 e. The van der Waals surface area contributed by atoms with Gasteiger partial charge in [0.1, 0.15) is 5.78 Å². The number of carbonyl (C=O) groups is 1. The molecular weight excluding hydrogens is 305 g/mol. The van der Waals surface area contributed by atoms with Crippen LogP contribution in [0.15, 0.2) is 35.2 Å². The molecule has 116 valence electrons. The lowest BCUT2D eigenvalue weighted by molar-refractivity contribution is -0.149. The Balaban J connectivity index is 2.47. The first-order valence-corrected chi connectivity index (χ1v) is 7.93. The summed E-state index contributed by atoms with van der Waals surface area (Å²) in [6.07, 6.45) is -6.29. The fraction of sp³-hybridized carbons (Fsp3) is 0.500. The van der Waals surface area contributed by atoms with Crippen LogP contribution >= 0.6 is 0 Å². The molecule has 3 nitrogen and oxygen atoms in total. The van der Waals surface area contributed by atoms with Gasteiger partial charge in [-0.2, -0.15) is 13.2 Å². The maximum Gasteiger partial charge on any atom is 0.390 e. The fourth-order valence-electron chi connectivity index (χ4n) is 2.65. The summed E-state index contributed by atoms with van der Waals surface area (Å²) in [4.78, 5) is 11.0. The number of benzene rings is 1. The van der Waals surface area contributed by atoms with Gasteiger partial charge in [-0.25, -0.2) is 8.42 Å². The average molecular weight is 320 g/mol. The molecule has 0 N–H and O–H groups in total. The summed E-state index contributed by atoms with van der Waals surface area (Å²) in [5.74, 6) is -0.992. The van der Waals surface area contributed by atoms with Crippen molar-refractivity contribution in [1.82, 2.24) is 0 Å². The minimum absolute atomic E-state index is 0.112. The van der Waals surface area contributed by atoms with Gasteiger partial charge in [0.2, 0.25) is 0 Å². The van der Waals surface area contributed by atoms with E-state index in [9.17, 15) is 26.4 Å². The van der Waals surface area contributed by atoms with E-state index in [1.807, 2.05) is 0 Å². The number of hydrogen-bond acceptors (Lipinski definition) is 3. The van der Waals surface area contributed by atoms with Gasteiger partial charge >= 0.3 is 6.18 Å². The zero-order chi connectivity index (χ0) is 15.9. The molecule has 0 bridgehead atoms. The Kier molecular flexibility index (Phi) is 3.90. The van der Waals surface area contributed by atoms with Gasteiger partial charge in [0.05, 0.1) is 16.1 Å². The van der Waals surface area contributed by atoms with E-state index in [0.29, 0.717) is 0 Å². The Labute approximate surface area is 121 Å². The van der Waals surface area contributed by atoms with Crippen molar-refractivity contribution < 1.29 is 26.4 Å². The Hall–Kier alpha value is -1.37. The lowest BCUT2D eigenvalue weighted by Crippen LogP contribution is -2.51. The predicted octanol–water partition coefficient (Wildman–Crippen LogP) is 3.15. The number of ketones is 1. The zero-order valence-corrected chi connectivity index (χ0v) is 12.2. The second-order valence-electron chi connectivity index (χ2n) is 5.56. The number of halogens is 3.